The SMILES string of the molecule is Cc1ccc(-c2cc(C(F)(F)F)nn2-c2ccc(S(=O)(=O)NC(=O)CC3(CN)CCCCC3)cc2)cc1.Cl. The van der Waals surface area contributed by atoms with Crippen molar-refractivity contribution in [2.24, 2.45) is 11.1 Å². The lowest BCUT2D eigenvalue weighted by Crippen LogP contribution is -2.40. The highest BCUT2D eigenvalue weighted by molar-refractivity contribution is 7.90. The summed E-state index contributed by atoms with van der Waals surface area (Å²) in [4.78, 5) is 12.4. The molecule has 1 saturated carbocycles. The van der Waals surface area contributed by atoms with Gasteiger partial charge in [-0.25, -0.2) is 17.8 Å². The normalized spacial score (nSPS) is 15.5. The fraction of sp³-hybridized carbons (Fsp3) is 0.385. The first kappa shape index (κ1) is 29.7. The summed E-state index contributed by atoms with van der Waals surface area (Å²) in [5.74, 6) is -0.625. The number of alkyl halides is 3. The van der Waals surface area contributed by atoms with Crippen LogP contribution in [0.1, 0.15) is 49.8 Å². The number of carbonyl (C=O) groups is 1. The Labute approximate surface area is 226 Å². The third-order valence-corrected chi connectivity index (χ3v) is 8.26. The van der Waals surface area contributed by atoms with Gasteiger partial charge in [0.25, 0.3) is 10.0 Å². The van der Waals surface area contributed by atoms with E-state index in [0.29, 0.717) is 12.1 Å². The minimum absolute atomic E-state index is 0. The third-order valence-electron chi connectivity index (χ3n) is 6.87. The number of aryl methyl sites for hydroxylation is 1. The van der Waals surface area contributed by atoms with Gasteiger partial charge < -0.3 is 5.73 Å². The molecule has 2 aromatic carbocycles. The zero-order valence-electron chi connectivity index (χ0n) is 20.8. The highest BCUT2D eigenvalue weighted by Crippen LogP contribution is 2.38. The van der Waals surface area contributed by atoms with Crippen LogP contribution in [-0.4, -0.2) is 30.7 Å². The molecule has 0 saturated heterocycles. The van der Waals surface area contributed by atoms with Gasteiger partial charge in [0.1, 0.15) is 0 Å². The molecule has 0 unspecified atom stereocenters. The second-order valence-electron chi connectivity index (χ2n) is 9.65. The van der Waals surface area contributed by atoms with E-state index < -0.39 is 33.2 Å². The van der Waals surface area contributed by atoms with Crippen molar-refractivity contribution in [3.8, 4) is 16.9 Å². The lowest BCUT2D eigenvalue weighted by atomic mass is 9.72. The summed E-state index contributed by atoms with van der Waals surface area (Å²) in [5, 5.41) is 3.73. The van der Waals surface area contributed by atoms with Gasteiger partial charge in [0.2, 0.25) is 5.91 Å². The Kier molecular flexibility index (Phi) is 8.95. The maximum Gasteiger partial charge on any atom is 0.435 e. The van der Waals surface area contributed by atoms with E-state index in [1.54, 1.807) is 24.3 Å². The molecule has 0 aliphatic heterocycles. The summed E-state index contributed by atoms with van der Waals surface area (Å²) in [5.41, 5.74) is 6.36. The van der Waals surface area contributed by atoms with Crippen molar-refractivity contribution in [1.29, 1.82) is 0 Å². The van der Waals surface area contributed by atoms with Gasteiger partial charge in [0.15, 0.2) is 5.69 Å². The molecule has 0 radical (unpaired) electrons. The Morgan fingerprint density at radius 2 is 1.66 bits per heavy atom. The molecule has 7 nitrogen and oxygen atoms in total. The van der Waals surface area contributed by atoms with Crippen LogP contribution in [0.2, 0.25) is 0 Å². The molecule has 12 heteroatoms. The molecule has 4 rings (SSSR count). The largest absolute Gasteiger partial charge is 0.435 e. The van der Waals surface area contributed by atoms with Gasteiger partial charge in [0.05, 0.1) is 16.3 Å². The molecule has 1 aliphatic carbocycles. The topological polar surface area (TPSA) is 107 Å². The monoisotopic (exact) mass is 570 g/mol. The van der Waals surface area contributed by atoms with Crippen molar-refractivity contribution in [3.63, 3.8) is 0 Å². The number of carbonyl (C=O) groups excluding carboxylic acids is 1. The molecule has 38 heavy (non-hydrogen) atoms. The van der Waals surface area contributed by atoms with Crippen LogP contribution in [0.15, 0.2) is 59.5 Å². The van der Waals surface area contributed by atoms with Crippen LogP contribution >= 0.6 is 12.4 Å². The van der Waals surface area contributed by atoms with Crippen LogP contribution in [0.4, 0.5) is 13.2 Å². The van der Waals surface area contributed by atoms with Gasteiger partial charge >= 0.3 is 6.18 Å². The van der Waals surface area contributed by atoms with E-state index in [2.05, 4.69) is 9.82 Å². The van der Waals surface area contributed by atoms with E-state index in [-0.39, 0.29) is 35.1 Å². The molecule has 1 aliphatic rings. The Morgan fingerprint density at radius 3 is 2.21 bits per heavy atom. The van der Waals surface area contributed by atoms with Crippen LogP contribution < -0.4 is 10.5 Å². The summed E-state index contributed by atoms with van der Waals surface area (Å²) >= 11 is 0. The van der Waals surface area contributed by atoms with Gasteiger partial charge in [-0.3, -0.25) is 4.79 Å². The number of sulfonamides is 1. The average Bonchev–Trinajstić information content (AvgIpc) is 3.31. The Balaban J connectivity index is 0.00000400. The molecular weight excluding hydrogens is 541 g/mol. The lowest BCUT2D eigenvalue weighted by Gasteiger charge is -2.35. The first-order valence-corrected chi connectivity index (χ1v) is 13.5. The molecule has 1 heterocycles. The standard InChI is InChI=1S/C26H29F3N4O3S.ClH/c1-18-5-7-19(8-6-18)22-15-23(26(27,28)29)31-33(22)20-9-11-21(12-10-20)37(35,36)32-24(34)16-25(17-30)13-3-2-4-14-25;/h5-12,15H,2-4,13-14,16-17,30H2,1H3,(H,32,34);1H. The first-order valence-electron chi connectivity index (χ1n) is 12.0. The molecule has 1 amide bonds. The van der Waals surface area contributed by atoms with Gasteiger partial charge in [-0.05, 0) is 62.1 Å². The van der Waals surface area contributed by atoms with Crippen LogP contribution in [-0.2, 0) is 21.0 Å². The molecule has 0 spiro atoms. The van der Waals surface area contributed by atoms with Crippen LogP contribution in [0, 0.1) is 12.3 Å². The second kappa shape index (κ2) is 11.5. The molecular formula is C26H30ClF3N4O3S. The second-order valence-corrected chi connectivity index (χ2v) is 11.3. The molecule has 3 N–H and O–H groups in total. The molecule has 0 bridgehead atoms. The number of nitrogens with one attached hydrogen (secondary N) is 1. The van der Waals surface area contributed by atoms with Crippen molar-refractivity contribution in [2.75, 3.05) is 6.54 Å². The Bertz CT molecular complexity index is 1370. The van der Waals surface area contributed by atoms with Gasteiger partial charge in [-0.1, -0.05) is 49.1 Å². The van der Waals surface area contributed by atoms with Crippen molar-refractivity contribution >= 4 is 28.3 Å². The summed E-state index contributed by atoms with van der Waals surface area (Å²) < 4.78 is 69.2. The Hall–Kier alpha value is -2.89. The Morgan fingerprint density at radius 1 is 1.05 bits per heavy atom. The molecule has 0 atom stereocenters. The highest BCUT2D eigenvalue weighted by atomic mass is 35.5. The lowest BCUT2D eigenvalue weighted by molar-refractivity contribution is -0.141. The van der Waals surface area contributed by atoms with E-state index in [4.69, 9.17) is 5.73 Å². The number of aromatic nitrogens is 2. The summed E-state index contributed by atoms with van der Waals surface area (Å²) in [7, 11) is -4.18. The fourth-order valence-corrected chi connectivity index (χ4v) is 5.74. The van der Waals surface area contributed by atoms with E-state index in [9.17, 15) is 26.4 Å². The fourth-order valence-electron chi connectivity index (χ4n) is 4.75. The zero-order chi connectivity index (χ0) is 26.8. The average molecular weight is 571 g/mol. The van der Waals surface area contributed by atoms with E-state index in [1.807, 2.05) is 6.92 Å². The number of nitrogens with zero attached hydrogens (tertiary/aromatic N) is 2. The zero-order valence-corrected chi connectivity index (χ0v) is 22.4. The van der Waals surface area contributed by atoms with Crippen molar-refractivity contribution in [1.82, 2.24) is 14.5 Å². The number of hydrogen-bond donors (Lipinski definition) is 2. The number of amides is 1. The number of nitrogens with two attached hydrogens (primary N) is 1. The maximum absolute atomic E-state index is 13.4. The summed E-state index contributed by atoms with van der Waals surface area (Å²) in [6, 6.07) is 13.1. The van der Waals surface area contributed by atoms with Gasteiger partial charge in [-0.2, -0.15) is 18.3 Å². The first-order chi connectivity index (χ1) is 17.4. The number of rotatable bonds is 7. The molecule has 1 fully saturated rings. The third kappa shape index (κ3) is 6.57. The molecule has 206 valence electrons. The maximum atomic E-state index is 13.4. The van der Waals surface area contributed by atoms with Crippen LogP contribution in [0.5, 0.6) is 0 Å². The minimum Gasteiger partial charge on any atom is -0.330 e. The van der Waals surface area contributed by atoms with Crippen molar-refractivity contribution < 1.29 is 26.4 Å². The van der Waals surface area contributed by atoms with Crippen LogP contribution in [0.3, 0.4) is 0 Å². The predicted octanol–water partition coefficient (Wildman–Crippen LogP) is 5.39. The quantitative estimate of drug-likeness (QED) is 0.396. The number of halogens is 4. The van der Waals surface area contributed by atoms with Crippen molar-refractivity contribution in [2.45, 2.75) is 56.5 Å². The number of hydrogen-bond acceptors (Lipinski definition) is 5. The smallest absolute Gasteiger partial charge is 0.330 e. The molecule has 3 aromatic rings. The van der Waals surface area contributed by atoms with E-state index in [1.165, 1.54) is 24.3 Å². The van der Waals surface area contributed by atoms with Crippen LogP contribution in [0.25, 0.3) is 16.9 Å². The van der Waals surface area contributed by atoms with Gasteiger partial charge in [0, 0.05) is 12.0 Å². The van der Waals surface area contributed by atoms with E-state index >= 15 is 0 Å². The molecule has 1 aromatic heterocycles. The predicted molar refractivity (Wildman–Crippen MR) is 141 cm³/mol. The summed E-state index contributed by atoms with van der Waals surface area (Å²) in [6.45, 7) is 2.17. The summed E-state index contributed by atoms with van der Waals surface area (Å²) in [6.07, 6.45) is -0.108. The minimum atomic E-state index is -4.66. The number of benzene rings is 2. The van der Waals surface area contributed by atoms with Crippen molar-refractivity contribution in [3.05, 3.63) is 65.9 Å². The van der Waals surface area contributed by atoms with Gasteiger partial charge in [-0.15, -0.1) is 12.4 Å². The highest BCUT2D eigenvalue weighted by Gasteiger charge is 2.36. The van der Waals surface area contributed by atoms with E-state index in [0.717, 1.165) is 48.4 Å².